The molecule has 0 spiro atoms. The van der Waals surface area contributed by atoms with Gasteiger partial charge in [-0.1, -0.05) is 57.6 Å². The van der Waals surface area contributed by atoms with Gasteiger partial charge >= 0.3 is 0 Å². The van der Waals surface area contributed by atoms with E-state index in [1.165, 1.54) is 51.4 Å². The fraction of sp³-hybridized carbons (Fsp3) is 0.905. The van der Waals surface area contributed by atoms with Crippen LogP contribution in [0.25, 0.3) is 0 Å². The largest absolute Gasteiger partial charge is 0.394 e. The second-order valence-electron chi connectivity index (χ2n) is 7.33. The van der Waals surface area contributed by atoms with E-state index in [2.05, 4.69) is 19.1 Å². The van der Waals surface area contributed by atoms with E-state index >= 15 is 0 Å². The van der Waals surface area contributed by atoms with Gasteiger partial charge in [-0.15, -0.1) is 0 Å². The van der Waals surface area contributed by atoms with Crippen molar-refractivity contribution in [3.05, 3.63) is 12.2 Å². The first-order chi connectivity index (χ1) is 12.7. The number of aliphatic hydroxyl groups is 3. The smallest absolute Gasteiger partial charge is 0.114 e. The van der Waals surface area contributed by atoms with Gasteiger partial charge in [-0.3, -0.25) is 0 Å². The summed E-state index contributed by atoms with van der Waals surface area (Å²) in [5.41, 5.74) is 0. The first-order valence-electron chi connectivity index (χ1n) is 10.6. The summed E-state index contributed by atoms with van der Waals surface area (Å²) in [5.74, 6) is 0. The molecule has 5 nitrogen and oxygen atoms in total. The lowest BCUT2D eigenvalue weighted by Gasteiger charge is -2.23. The Morgan fingerprint density at radius 3 is 2.23 bits per heavy atom. The third kappa shape index (κ3) is 10.0. The van der Waals surface area contributed by atoms with Crippen LogP contribution < -0.4 is 0 Å². The van der Waals surface area contributed by atoms with E-state index in [9.17, 15) is 10.2 Å². The van der Waals surface area contributed by atoms with Crippen LogP contribution in [-0.4, -0.2) is 59.6 Å². The minimum absolute atomic E-state index is 0.150. The lowest BCUT2D eigenvalue weighted by molar-refractivity contribution is -0.0938. The predicted octanol–water partition coefficient (Wildman–Crippen LogP) is 3.35. The van der Waals surface area contributed by atoms with Crippen molar-refractivity contribution in [1.82, 2.24) is 0 Å². The van der Waals surface area contributed by atoms with Gasteiger partial charge in [-0.2, -0.15) is 0 Å². The molecule has 4 atom stereocenters. The topological polar surface area (TPSA) is 79.2 Å². The lowest BCUT2D eigenvalue weighted by Crippen LogP contribution is -2.42. The highest BCUT2D eigenvalue weighted by atomic mass is 16.6. The number of hydrogen-bond donors (Lipinski definition) is 3. The quantitative estimate of drug-likeness (QED) is 0.286. The third-order valence-corrected chi connectivity index (χ3v) is 4.95. The highest BCUT2D eigenvalue weighted by Gasteiger charge is 2.40. The van der Waals surface area contributed by atoms with Gasteiger partial charge < -0.3 is 24.8 Å². The van der Waals surface area contributed by atoms with E-state index in [1.807, 2.05) is 0 Å². The Balaban J connectivity index is 1.94. The van der Waals surface area contributed by atoms with Crippen molar-refractivity contribution in [2.75, 3.05) is 19.8 Å². The summed E-state index contributed by atoms with van der Waals surface area (Å²) >= 11 is 0. The zero-order chi connectivity index (χ0) is 19.0. The number of hydrogen-bond acceptors (Lipinski definition) is 5. The summed E-state index contributed by atoms with van der Waals surface area (Å²) in [6, 6.07) is 0. The molecular formula is C21H40O5. The molecule has 1 rings (SSSR count). The second kappa shape index (κ2) is 15.6. The standard InChI is InChI=1S/C21H40O5/c1-2-3-4-5-6-7-8-9-10-11-12-13-14-15-25-21-19(24)17-26-20(21)18(23)16-22/h8-9,18-24H,2-7,10-17H2,1H3/b9-8+/t18-,19+,20-,21-/m0/s1. The number of aliphatic hydroxyl groups excluding tert-OH is 3. The maximum absolute atomic E-state index is 9.86. The first-order valence-corrected chi connectivity index (χ1v) is 10.6. The van der Waals surface area contributed by atoms with Crippen LogP contribution in [0.15, 0.2) is 12.2 Å². The molecule has 0 aliphatic carbocycles. The Labute approximate surface area is 159 Å². The molecule has 1 fully saturated rings. The number of rotatable bonds is 16. The number of ether oxygens (including phenoxy) is 2. The van der Waals surface area contributed by atoms with Crippen LogP contribution in [0, 0.1) is 0 Å². The highest BCUT2D eigenvalue weighted by Crippen LogP contribution is 2.21. The molecule has 3 N–H and O–H groups in total. The van der Waals surface area contributed by atoms with E-state index in [4.69, 9.17) is 14.6 Å². The minimum atomic E-state index is -1.00. The van der Waals surface area contributed by atoms with E-state index in [0.29, 0.717) is 6.61 Å². The fourth-order valence-corrected chi connectivity index (χ4v) is 3.30. The Morgan fingerprint density at radius 1 is 1.00 bits per heavy atom. The molecule has 26 heavy (non-hydrogen) atoms. The number of unbranched alkanes of at least 4 members (excludes halogenated alkanes) is 9. The highest BCUT2D eigenvalue weighted by molar-refractivity contribution is 4.89. The molecule has 5 heteroatoms. The normalized spacial score (nSPS) is 24.5. The monoisotopic (exact) mass is 372 g/mol. The molecule has 0 unspecified atom stereocenters. The zero-order valence-electron chi connectivity index (χ0n) is 16.5. The second-order valence-corrected chi connectivity index (χ2v) is 7.33. The first kappa shape index (κ1) is 23.6. The Bertz CT molecular complexity index is 347. The van der Waals surface area contributed by atoms with Crippen molar-refractivity contribution in [2.24, 2.45) is 0 Å². The van der Waals surface area contributed by atoms with Crippen molar-refractivity contribution in [3.63, 3.8) is 0 Å². The van der Waals surface area contributed by atoms with Crippen molar-refractivity contribution in [2.45, 2.75) is 102 Å². The maximum Gasteiger partial charge on any atom is 0.114 e. The summed E-state index contributed by atoms with van der Waals surface area (Å²) in [6.45, 7) is 2.56. The summed E-state index contributed by atoms with van der Waals surface area (Å²) < 4.78 is 11.0. The van der Waals surface area contributed by atoms with Crippen LogP contribution >= 0.6 is 0 Å². The Hall–Kier alpha value is -0.460. The van der Waals surface area contributed by atoms with Gasteiger partial charge in [0.1, 0.15) is 24.4 Å². The maximum atomic E-state index is 9.86. The Morgan fingerprint density at radius 2 is 1.62 bits per heavy atom. The van der Waals surface area contributed by atoms with Crippen molar-refractivity contribution < 1.29 is 24.8 Å². The fourth-order valence-electron chi connectivity index (χ4n) is 3.30. The molecule has 0 amide bonds. The van der Waals surface area contributed by atoms with Gasteiger partial charge in [0, 0.05) is 6.61 Å². The van der Waals surface area contributed by atoms with E-state index < -0.39 is 24.4 Å². The zero-order valence-corrected chi connectivity index (χ0v) is 16.5. The van der Waals surface area contributed by atoms with Gasteiger partial charge in [0.05, 0.1) is 13.2 Å². The SMILES string of the molecule is CCCCCCC/C=C/CCCCCCO[C@@H]1[C@H]([C@@H](O)CO)OC[C@H]1O. The number of allylic oxidation sites excluding steroid dienone is 2. The van der Waals surface area contributed by atoms with Crippen LogP contribution in [0.1, 0.15) is 77.6 Å². The molecule has 1 aliphatic rings. The summed E-state index contributed by atoms with van der Waals surface area (Å²) in [6.07, 6.45) is 15.2. The van der Waals surface area contributed by atoms with E-state index in [-0.39, 0.29) is 13.2 Å². The molecule has 0 aromatic carbocycles. The van der Waals surface area contributed by atoms with Crippen LogP contribution in [-0.2, 0) is 9.47 Å². The molecule has 1 heterocycles. The van der Waals surface area contributed by atoms with Gasteiger partial charge in [0.15, 0.2) is 0 Å². The third-order valence-electron chi connectivity index (χ3n) is 4.95. The molecule has 0 saturated carbocycles. The van der Waals surface area contributed by atoms with Crippen LogP contribution in [0.2, 0.25) is 0 Å². The molecule has 1 saturated heterocycles. The van der Waals surface area contributed by atoms with Crippen LogP contribution in [0.5, 0.6) is 0 Å². The minimum Gasteiger partial charge on any atom is -0.394 e. The summed E-state index contributed by atoms with van der Waals surface area (Å²) in [5, 5.41) is 28.6. The lowest BCUT2D eigenvalue weighted by atomic mass is 10.1. The van der Waals surface area contributed by atoms with E-state index in [0.717, 1.165) is 19.3 Å². The molecule has 154 valence electrons. The van der Waals surface area contributed by atoms with Crippen molar-refractivity contribution >= 4 is 0 Å². The van der Waals surface area contributed by atoms with Crippen molar-refractivity contribution in [1.29, 1.82) is 0 Å². The molecule has 0 aromatic heterocycles. The summed E-state index contributed by atoms with van der Waals surface area (Å²) in [4.78, 5) is 0. The van der Waals surface area contributed by atoms with E-state index in [1.54, 1.807) is 0 Å². The average Bonchev–Trinajstić information content (AvgIpc) is 3.02. The molecule has 0 radical (unpaired) electrons. The Kier molecular flexibility index (Phi) is 14.1. The molecule has 0 aromatic rings. The van der Waals surface area contributed by atoms with Gasteiger partial charge in [0.25, 0.3) is 0 Å². The van der Waals surface area contributed by atoms with Gasteiger partial charge in [-0.25, -0.2) is 0 Å². The average molecular weight is 373 g/mol. The van der Waals surface area contributed by atoms with Gasteiger partial charge in [0.2, 0.25) is 0 Å². The van der Waals surface area contributed by atoms with Crippen LogP contribution in [0.4, 0.5) is 0 Å². The molecular weight excluding hydrogens is 332 g/mol. The van der Waals surface area contributed by atoms with Crippen molar-refractivity contribution in [3.8, 4) is 0 Å². The predicted molar refractivity (Wildman–Crippen MR) is 104 cm³/mol. The summed E-state index contributed by atoms with van der Waals surface area (Å²) in [7, 11) is 0. The van der Waals surface area contributed by atoms with Gasteiger partial charge in [-0.05, 0) is 32.1 Å². The molecule has 1 aliphatic heterocycles. The van der Waals surface area contributed by atoms with Crippen LogP contribution in [0.3, 0.4) is 0 Å². The molecule has 0 bridgehead atoms.